The van der Waals surface area contributed by atoms with Crippen LogP contribution in [0, 0.1) is 5.41 Å². The molecule has 144 valence electrons. The average molecular weight is 370 g/mol. The van der Waals surface area contributed by atoms with Crippen LogP contribution >= 0.6 is 0 Å². The maximum absolute atomic E-state index is 11.9. The van der Waals surface area contributed by atoms with Crippen LogP contribution < -0.4 is 14.2 Å². The minimum absolute atomic E-state index is 0.00950. The van der Waals surface area contributed by atoms with Gasteiger partial charge in [-0.25, -0.2) is 0 Å². The molecule has 0 saturated carbocycles. The number of aryl methyl sites for hydroxylation is 1. The predicted octanol–water partition coefficient (Wildman–Crippen LogP) is 3.90. The minimum Gasteiger partial charge on any atom is -0.493 e. The maximum Gasteiger partial charge on any atom is 0.203 e. The van der Waals surface area contributed by atoms with Gasteiger partial charge >= 0.3 is 0 Å². The maximum atomic E-state index is 11.9. The largest absolute Gasteiger partial charge is 0.493 e. The van der Waals surface area contributed by atoms with Crippen LogP contribution in [0.25, 0.3) is 11.1 Å². The summed E-state index contributed by atoms with van der Waals surface area (Å²) in [6.45, 7) is 4.19. The third-order valence-electron chi connectivity index (χ3n) is 4.87. The van der Waals surface area contributed by atoms with E-state index in [-0.39, 0.29) is 12.4 Å². The topological polar surface area (TPSA) is 65.0 Å². The predicted molar refractivity (Wildman–Crippen MR) is 104 cm³/mol. The summed E-state index contributed by atoms with van der Waals surface area (Å²) >= 11 is 0. The molecule has 0 aromatic heterocycles. The molecule has 2 aromatic carbocycles. The van der Waals surface area contributed by atoms with Gasteiger partial charge in [-0.15, -0.1) is 0 Å². The van der Waals surface area contributed by atoms with Crippen LogP contribution in [0.15, 0.2) is 30.3 Å². The monoisotopic (exact) mass is 370 g/mol. The lowest BCUT2D eigenvalue weighted by Crippen LogP contribution is -2.25. The van der Waals surface area contributed by atoms with E-state index < -0.39 is 5.41 Å². The molecule has 0 atom stereocenters. The highest BCUT2D eigenvalue weighted by Crippen LogP contribution is 2.45. The number of aliphatic hydroxyl groups is 1. The third kappa shape index (κ3) is 3.78. The van der Waals surface area contributed by atoms with Gasteiger partial charge in [0.15, 0.2) is 17.3 Å². The summed E-state index contributed by atoms with van der Waals surface area (Å²) in [5.41, 5.74) is 3.30. The number of carbonyl (C=O) groups excluding carboxylic acids is 1. The van der Waals surface area contributed by atoms with Crippen molar-refractivity contribution in [2.75, 3.05) is 27.4 Å². The number of aliphatic hydroxyl groups excluding tert-OH is 1. The second-order valence-corrected chi connectivity index (χ2v) is 7.58. The van der Waals surface area contributed by atoms with Gasteiger partial charge in [-0.3, -0.25) is 4.79 Å². The van der Waals surface area contributed by atoms with Crippen LogP contribution in [0.3, 0.4) is 0 Å². The Morgan fingerprint density at radius 2 is 1.74 bits per heavy atom. The number of benzene rings is 2. The quantitative estimate of drug-likeness (QED) is 0.801. The van der Waals surface area contributed by atoms with E-state index in [1.54, 1.807) is 14.2 Å². The molecule has 5 heteroatoms. The van der Waals surface area contributed by atoms with Gasteiger partial charge in [0.05, 0.1) is 27.4 Å². The number of methoxy groups -OCH3 is 2. The van der Waals surface area contributed by atoms with E-state index in [4.69, 9.17) is 14.2 Å². The summed E-state index contributed by atoms with van der Waals surface area (Å²) in [5.74, 6) is 1.86. The summed E-state index contributed by atoms with van der Waals surface area (Å²) in [6.07, 6.45) is 1.34. The van der Waals surface area contributed by atoms with Gasteiger partial charge in [0.25, 0.3) is 0 Å². The number of carbonyl (C=O) groups is 1. The molecule has 0 aliphatic heterocycles. The van der Waals surface area contributed by atoms with Gasteiger partial charge in [0.2, 0.25) is 5.75 Å². The molecule has 0 fully saturated rings. The summed E-state index contributed by atoms with van der Waals surface area (Å²) in [7, 11) is 3.16. The molecular weight excluding hydrogens is 344 g/mol. The molecule has 1 N–H and O–H groups in total. The lowest BCUT2D eigenvalue weighted by Gasteiger charge is -2.24. The highest BCUT2D eigenvalue weighted by molar-refractivity contribution is 6.01. The normalized spacial score (nSPS) is 13.4. The lowest BCUT2D eigenvalue weighted by atomic mass is 9.96. The first-order valence-corrected chi connectivity index (χ1v) is 9.05. The van der Waals surface area contributed by atoms with E-state index in [2.05, 4.69) is 0 Å². The van der Waals surface area contributed by atoms with E-state index in [0.717, 1.165) is 28.7 Å². The number of ketones is 1. The van der Waals surface area contributed by atoms with Crippen molar-refractivity contribution in [3.05, 3.63) is 41.5 Å². The van der Waals surface area contributed by atoms with Crippen LogP contribution in [0.2, 0.25) is 0 Å². The van der Waals surface area contributed by atoms with Crippen molar-refractivity contribution in [3.63, 3.8) is 0 Å². The molecule has 0 spiro atoms. The Labute approximate surface area is 159 Å². The summed E-state index contributed by atoms with van der Waals surface area (Å²) in [5, 5.41) is 9.55. The molecule has 0 bridgehead atoms. The van der Waals surface area contributed by atoms with E-state index in [0.29, 0.717) is 30.3 Å². The second-order valence-electron chi connectivity index (χ2n) is 7.58. The Morgan fingerprint density at radius 3 is 2.41 bits per heavy atom. The molecular formula is C22H26O5. The van der Waals surface area contributed by atoms with Crippen molar-refractivity contribution in [2.24, 2.45) is 5.41 Å². The smallest absolute Gasteiger partial charge is 0.203 e. The van der Waals surface area contributed by atoms with E-state index >= 15 is 0 Å². The van der Waals surface area contributed by atoms with Gasteiger partial charge in [-0.2, -0.15) is 0 Å². The molecule has 0 radical (unpaired) electrons. The Morgan fingerprint density at radius 1 is 1.00 bits per heavy atom. The molecule has 5 nitrogen and oxygen atoms in total. The lowest BCUT2D eigenvalue weighted by molar-refractivity contribution is 0.0959. The number of fused-ring (bicyclic) bond motifs is 1. The second kappa shape index (κ2) is 7.61. The number of rotatable bonds is 7. The van der Waals surface area contributed by atoms with Gasteiger partial charge in [-0.05, 0) is 29.7 Å². The van der Waals surface area contributed by atoms with Gasteiger partial charge < -0.3 is 19.3 Å². The molecule has 2 aromatic rings. The molecule has 1 aliphatic carbocycles. The summed E-state index contributed by atoms with van der Waals surface area (Å²) in [6, 6.07) is 9.65. The number of hydrogen-bond acceptors (Lipinski definition) is 5. The molecule has 0 heterocycles. The number of ether oxygens (including phenoxy) is 3. The van der Waals surface area contributed by atoms with Crippen LogP contribution in [0.4, 0.5) is 0 Å². The standard InChI is InChI=1S/C22H26O5/c1-22(2,12-23)13-27-20-17(8-10-19(25-3)21(20)26-4)15-5-7-16-14(11-15)6-9-18(16)24/h5,7-8,10-11,23H,6,9,12-13H2,1-4H3. The zero-order valence-electron chi connectivity index (χ0n) is 16.3. The number of hydrogen-bond donors (Lipinski definition) is 1. The average Bonchev–Trinajstić information content (AvgIpc) is 3.05. The Balaban J connectivity index is 2.08. The van der Waals surface area contributed by atoms with Crippen LogP contribution in [0.5, 0.6) is 17.2 Å². The summed E-state index contributed by atoms with van der Waals surface area (Å²) < 4.78 is 17.1. The van der Waals surface area contributed by atoms with Crippen molar-refractivity contribution < 1.29 is 24.1 Å². The van der Waals surface area contributed by atoms with Crippen molar-refractivity contribution in [2.45, 2.75) is 26.7 Å². The third-order valence-corrected chi connectivity index (χ3v) is 4.87. The fourth-order valence-electron chi connectivity index (χ4n) is 3.21. The zero-order valence-corrected chi connectivity index (χ0v) is 16.3. The Hall–Kier alpha value is -2.53. The van der Waals surface area contributed by atoms with Crippen molar-refractivity contribution in [1.82, 2.24) is 0 Å². The fourth-order valence-corrected chi connectivity index (χ4v) is 3.21. The van der Waals surface area contributed by atoms with E-state index in [9.17, 15) is 9.90 Å². The van der Waals surface area contributed by atoms with Gasteiger partial charge in [-0.1, -0.05) is 32.0 Å². The highest BCUT2D eigenvalue weighted by Gasteiger charge is 2.24. The van der Waals surface area contributed by atoms with Crippen molar-refractivity contribution in [1.29, 1.82) is 0 Å². The molecule has 3 rings (SSSR count). The van der Waals surface area contributed by atoms with Gasteiger partial charge in [0, 0.05) is 23.0 Å². The minimum atomic E-state index is -0.393. The zero-order chi connectivity index (χ0) is 19.6. The van der Waals surface area contributed by atoms with Crippen LogP contribution in [0.1, 0.15) is 36.2 Å². The first-order chi connectivity index (χ1) is 12.9. The summed E-state index contributed by atoms with van der Waals surface area (Å²) in [4.78, 5) is 11.9. The molecule has 1 aliphatic rings. The highest BCUT2D eigenvalue weighted by atomic mass is 16.5. The molecule has 0 saturated heterocycles. The fraction of sp³-hybridized carbons (Fsp3) is 0.409. The Bertz CT molecular complexity index is 854. The Kier molecular flexibility index (Phi) is 5.42. The van der Waals surface area contributed by atoms with Gasteiger partial charge in [0.1, 0.15) is 0 Å². The SMILES string of the molecule is COc1ccc(-c2ccc3c(c2)CCC3=O)c(OCC(C)(C)CO)c1OC. The molecule has 27 heavy (non-hydrogen) atoms. The van der Waals surface area contributed by atoms with Crippen LogP contribution in [-0.4, -0.2) is 38.3 Å². The van der Waals surface area contributed by atoms with Crippen molar-refractivity contribution >= 4 is 5.78 Å². The van der Waals surface area contributed by atoms with Crippen molar-refractivity contribution in [3.8, 4) is 28.4 Å². The first-order valence-electron chi connectivity index (χ1n) is 9.05. The van der Waals surface area contributed by atoms with Crippen LogP contribution in [-0.2, 0) is 6.42 Å². The van der Waals surface area contributed by atoms with E-state index in [1.807, 2.05) is 44.2 Å². The first kappa shape index (κ1) is 19.2. The molecule has 0 amide bonds. The van der Waals surface area contributed by atoms with E-state index in [1.165, 1.54) is 0 Å². The number of Topliss-reactive ketones (excluding diaryl/α,β-unsaturated/α-hetero) is 1. The molecule has 0 unspecified atom stereocenters.